The van der Waals surface area contributed by atoms with Crippen LogP contribution in [0.1, 0.15) is 22.8 Å². The van der Waals surface area contributed by atoms with E-state index >= 15 is 0 Å². The van der Waals surface area contributed by atoms with Crippen molar-refractivity contribution in [2.45, 2.75) is 6.92 Å². The van der Waals surface area contributed by atoms with Crippen molar-refractivity contribution in [2.24, 2.45) is 5.10 Å². The molecule has 0 saturated carbocycles. The number of nitrogens with zero attached hydrogens (tertiary/aromatic N) is 1. The zero-order valence-corrected chi connectivity index (χ0v) is 16.8. The van der Waals surface area contributed by atoms with Crippen molar-refractivity contribution in [3.05, 3.63) is 64.7 Å². The molecule has 0 unspecified atom stereocenters. The van der Waals surface area contributed by atoms with Gasteiger partial charge in [0.2, 0.25) is 0 Å². The Hall–Kier alpha value is -2.80. The number of carbonyl (C=O) groups is 1. The summed E-state index contributed by atoms with van der Waals surface area (Å²) in [4.78, 5) is 12.3. The van der Waals surface area contributed by atoms with E-state index in [0.29, 0.717) is 36.0 Å². The monoisotopic (exact) mass is 432 g/mol. The number of halogens is 1. The van der Waals surface area contributed by atoms with Gasteiger partial charge >= 0.3 is 0 Å². The Morgan fingerprint density at radius 2 is 1.96 bits per heavy atom. The maximum absolute atomic E-state index is 12.3. The number of hydrazone groups is 1. The average molecular weight is 433 g/mol. The van der Waals surface area contributed by atoms with Crippen LogP contribution in [0, 0.1) is 0 Å². The summed E-state index contributed by atoms with van der Waals surface area (Å²) in [5, 5.41) is 4.02. The molecule has 0 aromatic heterocycles. The minimum atomic E-state index is -0.365. The summed E-state index contributed by atoms with van der Waals surface area (Å²) < 4.78 is 17.2. The summed E-state index contributed by atoms with van der Waals surface area (Å²) in [5.41, 5.74) is 3.62. The fourth-order valence-corrected chi connectivity index (χ4v) is 2.59. The van der Waals surface area contributed by atoms with Crippen LogP contribution in [-0.4, -0.2) is 32.4 Å². The highest BCUT2D eigenvalue weighted by Crippen LogP contribution is 2.28. The lowest BCUT2D eigenvalue weighted by Gasteiger charge is -2.10. The van der Waals surface area contributed by atoms with E-state index in [9.17, 15) is 4.79 Å². The van der Waals surface area contributed by atoms with Crippen molar-refractivity contribution in [2.75, 3.05) is 20.3 Å². The normalized spacial score (nSPS) is 10.5. The van der Waals surface area contributed by atoms with Gasteiger partial charge in [-0.3, -0.25) is 4.79 Å². The Bertz CT molecular complexity index is 837. The number of ether oxygens (including phenoxy) is 3. The highest BCUT2D eigenvalue weighted by molar-refractivity contribution is 9.10. The lowest BCUT2D eigenvalue weighted by Crippen LogP contribution is -2.17. The molecule has 6 nitrogen and oxygen atoms in total. The quantitative estimate of drug-likeness (QED) is 0.366. The fourth-order valence-electron chi connectivity index (χ4n) is 2.21. The Morgan fingerprint density at radius 1 is 1.19 bits per heavy atom. The molecule has 0 aliphatic carbocycles. The van der Waals surface area contributed by atoms with Crippen molar-refractivity contribution >= 4 is 28.1 Å². The van der Waals surface area contributed by atoms with Gasteiger partial charge in [-0.05, 0) is 43.3 Å². The topological polar surface area (TPSA) is 69.2 Å². The predicted molar refractivity (Wildman–Crippen MR) is 109 cm³/mol. The number of rotatable bonds is 9. The van der Waals surface area contributed by atoms with Crippen LogP contribution in [0.4, 0.5) is 0 Å². The van der Waals surface area contributed by atoms with E-state index in [2.05, 4.69) is 33.0 Å². The lowest BCUT2D eigenvalue weighted by molar-refractivity contribution is 0.0954. The number of nitrogens with one attached hydrogen (secondary N) is 1. The summed E-state index contributed by atoms with van der Waals surface area (Å²) in [5.74, 6) is 1.34. The third kappa shape index (κ3) is 5.86. The molecular formula is C20H21BrN2O4. The van der Waals surface area contributed by atoms with E-state index in [0.717, 1.165) is 10.0 Å². The van der Waals surface area contributed by atoms with Gasteiger partial charge in [0.05, 0.1) is 19.9 Å². The molecule has 2 aromatic rings. The van der Waals surface area contributed by atoms with Crippen molar-refractivity contribution in [3.63, 3.8) is 0 Å². The van der Waals surface area contributed by atoms with Crippen molar-refractivity contribution in [1.29, 1.82) is 0 Å². The van der Waals surface area contributed by atoms with Gasteiger partial charge in [0.1, 0.15) is 12.4 Å². The highest BCUT2D eigenvalue weighted by atomic mass is 79.9. The summed E-state index contributed by atoms with van der Waals surface area (Å²) >= 11 is 3.41. The molecule has 0 aliphatic heterocycles. The third-order valence-electron chi connectivity index (χ3n) is 3.42. The first-order valence-corrected chi connectivity index (χ1v) is 9.05. The molecule has 0 radical (unpaired) electrons. The molecule has 0 atom stereocenters. The number of methoxy groups -OCH3 is 1. The number of benzene rings is 2. The van der Waals surface area contributed by atoms with Crippen LogP contribution in [0.5, 0.6) is 17.2 Å². The van der Waals surface area contributed by atoms with E-state index in [1.165, 1.54) is 13.3 Å². The molecule has 1 N–H and O–H groups in total. The lowest BCUT2D eigenvalue weighted by atomic mass is 10.2. The van der Waals surface area contributed by atoms with Crippen LogP contribution < -0.4 is 19.6 Å². The Labute approximate surface area is 167 Å². The number of hydrogen-bond acceptors (Lipinski definition) is 5. The first-order valence-electron chi connectivity index (χ1n) is 8.26. The van der Waals surface area contributed by atoms with Gasteiger partial charge < -0.3 is 14.2 Å². The molecule has 0 heterocycles. The van der Waals surface area contributed by atoms with Gasteiger partial charge in [0.25, 0.3) is 5.91 Å². The number of carbonyl (C=O) groups excluding carboxylic acids is 1. The molecule has 0 fully saturated rings. The first-order chi connectivity index (χ1) is 13.1. The Morgan fingerprint density at radius 3 is 2.67 bits per heavy atom. The smallest absolute Gasteiger partial charge is 0.271 e. The molecule has 2 aromatic carbocycles. The molecule has 0 aliphatic rings. The summed E-state index contributed by atoms with van der Waals surface area (Å²) in [6.45, 7) is 6.39. The van der Waals surface area contributed by atoms with Gasteiger partial charge in [0, 0.05) is 15.6 Å². The molecule has 0 bridgehead atoms. The second-order valence-corrected chi connectivity index (χ2v) is 6.20. The van der Waals surface area contributed by atoms with Gasteiger partial charge in [-0.1, -0.05) is 28.6 Å². The highest BCUT2D eigenvalue weighted by Gasteiger charge is 2.10. The molecule has 27 heavy (non-hydrogen) atoms. The van der Waals surface area contributed by atoms with Gasteiger partial charge in [-0.2, -0.15) is 5.10 Å². The van der Waals surface area contributed by atoms with E-state index in [-0.39, 0.29) is 5.91 Å². The fraction of sp³-hybridized carbons (Fsp3) is 0.200. The first kappa shape index (κ1) is 20.5. The van der Waals surface area contributed by atoms with Gasteiger partial charge in [-0.15, -0.1) is 0 Å². The van der Waals surface area contributed by atoms with E-state index in [1.54, 1.807) is 24.3 Å². The molecule has 2 rings (SSSR count). The predicted octanol–water partition coefficient (Wildman–Crippen LogP) is 4.19. The van der Waals surface area contributed by atoms with Gasteiger partial charge in [-0.25, -0.2) is 5.43 Å². The number of amides is 1. The molecule has 1 amide bonds. The van der Waals surface area contributed by atoms with Crippen LogP contribution >= 0.6 is 15.9 Å². The van der Waals surface area contributed by atoms with Crippen LogP contribution in [0.2, 0.25) is 0 Å². The molecule has 0 spiro atoms. The summed E-state index contributed by atoms with van der Waals surface area (Å²) in [6.07, 6.45) is 3.18. The summed E-state index contributed by atoms with van der Waals surface area (Å²) in [7, 11) is 1.52. The van der Waals surface area contributed by atoms with Crippen molar-refractivity contribution in [1.82, 2.24) is 5.43 Å². The van der Waals surface area contributed by atoms with Gasteiger partial charge in [0.15, 0.2) is 11.5 Å². The van der Waals surface area contributed by atoms with E-state index in [1.807, 2.05) is 25.1 Å². The van der Waals surface area contributed by atoms with E-state index < -0.39 is 0 Å². The zero-order chi connectivity index (χ0) is 19.6. The minimum Gasteiger partial charge on any atom is -0.493 e. The maximum atomic E-state index is 12.3. The molecule has 7 heteroatoms. The Balaban J connectivity index is 2.11. The van der Waals surface area contributed by atoms with E-state index in [4.69, 9.17) is 14.2 Å². The standard InChI is InChI=1S/C20H21BrN2O4/c1-4-10-27-17-9-7-16(21)11-15(17)13-22-23-20(24)14-6-8-18(26-5-2)19(12-14)25-3/h4,6-9,11-13H,1,5,10H2,2-3H3,(H,23,24)/b22-13+. The second-order valence-electron chi connectivity index (χ2n) is 5.28. The van der Waals surface area contributed by atoms with Crippen LogP contribution in [-0.2, 0) is 0 Å². The molecule has 0 saturated heterocycles. The maximum Gasteiger partial charge on any atom is 0.271 e. The van der Waals surface area contributed by atoms with Crippen LogP contribution in [0.15, 0.2) is 58.6 Å². The zero-order valence-electron chi connectivity index (χ0n) is 15.2. The largest absolute Gasteiger partial charge is 0.493 e. The van der Waals surface area contributed by atoms with Crippen molar-refractivity contribution < 1.29 is 19.0 Å². The molecular weight excluding hydrogens is 412 g/mol. The van der Waals surface area contributed by atoms with Crippen molar-refractivity contribution in [3.8, 4) is 17.2 Å². The summed E-state index contributed by atoms with van der Waals surface area (Å²) in [6, 6.07) is 10.5. The number of hydrogen-bond donors (Lipinski definition) is 1. The third-order valence-corrected chi connectivity index (χ3v) is 3.92. The molecule has 142 valence electrons. The Kier molecular flexibility index (Phi) is 7.88. The average Bonchev–Trinajstić information content (AvgIpc) is 2.67. The van der Waals surface area contributed by atoms with Crippen LogP contribution in [0.3, 0.4) is 0 Å². The second kappa shape index (κ2) is 10.4. The van der Waals surface area contributed by atoms with Crippen LogP contribution in [0.25, 0.3) is 0 Å². The minimum absolute atomic E-state index is 0.365. The SMILES string of the molecule is C=CCOc1ccc(Br)cc1/C=N/NC(=O)c1ccc(OCC)c(OC)c1.